The highest BCUT2D eigenvalue weighted by Crippen LogP contribution is 2.25. The molecule has 7 nitrogen and oxygen atoms in total. The van der Waals surface area contributed by atoms with Gasteiger partial charge in [0.15, 0.2) is 5.96 Å². The molecule has 1 unspecified atom stereocenters. The van der Waals surface area contributed by atoms with Gasteiger partial charge in [-0.1, -0.05) is 32.8 Å². The maximum Gasteiger partial charge on any atom is 0.221 e. The number of carbonyl (C=O) groups excluding carboxylic acids is 1. The zero-order valence-corrected chi connectivity index (χ0v) is 20.0. The van der Waals surface area contributed by atoms with E-state index in [0.29, 0.717) is 29.9 Å². The van der Waals surface area contributed by atoms with Crippen LogP contribution in [0.25, 0.3) is 0 Å². The molecule has 3 N–H and O–H groups in total. The minimum absolute atomic E-state index is 0.123. The summed E-state index contributed by atoms with van der Waals surface area (Å²) in [5.74, 6) is 1.92. The van der Waals surface area contributed by atoms with E-state index in [-0.39, 0.29) is 5.91 Å². The number of nitrogens with one attached hydrogen (secondary N) is 3. The number of methoxy groups -OCH3 is 1. The molecule has 0 radical (unpaired) electrons. The molecule has 1 amide bonds. The van der Waals surface area contributed by atoms with E-state index in [4.69, 9.17) is 9.73 Å². The maximum absolute atomic E-state index is 11.5. The highest BCUT2D eigenvalue weighted by molar-refractivity contribution is 5.90. The number of guanidine groups is 1. The van der Waals surface area contributed by atoms with Gasteiger partial charge in [0.05, 0.1) is 19.3 Å². The first-order valence-electron chi connectivity index (χ1n) is 11.6. The number of carbonyl (C=O) groups is 1. The van der Waals surface area contributed by atoms with Crippen LogP contribution in [0.1, 0.15) is 58.9 Å². The highest BCUT2D eigenvalue weighted by atomic mass is 16.5. The molecule has 0 spiro atoms. The second-order valence-corrected chi connectivity index (χ2v) is 8.55. The van der Waals surface area contributed by atoms with Crippen molar-refractivity contribution in [3.63, 3.8) is 0 Å². The molecular formula is C24H41N5O2. The number of hydrogen-bond donors (Lipinski definition) is 3. The minimum Gasteiger partial charge on any atom is -0.495 e. The van der Waals surface area contributed by atoms with Gasteiger partial charge in [-0.2, -0.15) is 0 Å². The number of hydrogen-bond acceptors (Lipinski definition) is 4. The van der Waals surface area contributed by atoms with Crippen molar-refractivity contribution >= 4 is 17.6 Å². The van der Waals surface area contributed by atoms with E-state index < -0.39 is 0 Å². The minimum atomic E-state index is -0.123. The monoisotopic (exact) mass is 431 g/mol. The van der Waals surface area contributed by atoms with Gasteiger partial charge in [0.1, 0.15) is 5.75 Å². The molecule has 7 heteroatoms. The molecule has 0 aliphatic carbocycles. The van der Waals surface area contributed by atoms with E-state index in [2.05, 4.69) is 41.6 Å². The Balaban J connectivity index is 2.05. The van der Waals surface area contributed by atoms with Crippen LogP contribution in [-0.2, 0) is 11.3 Å². The van der Waals surface area contributed by atoms with E-state index in [1.54, 1.807) is 7.11 Å². The van der Waals surface area contributed by atoms with Gasteiger partial charge in [-0.3, -0.25) is 9.69 Å². The van der Waals surface area contributed by atoms with Crippen molar-refractivity contribution in [1.82, 2.24) is 15.5 Å². The number of rotatable bonds is 9. The summed E-state index contributed by atoms with van der Waals surface area (Å²) in [6.45, 7) is 12.8. The van der Waals surface area contributed by atoms with Gasteiger partial charge in [-0.15, -0.1) is 0 Å². The second-order valence-electron chi connectivity index (χ2n) is 8.55. The molecule has 1 atom stereocenters. The van der Waals surface area contributed by atoms with E-state index in [1.165, 1.54) is 45.7 Å². The summed E-state index contributed by atoms with van der Waals surface area (Å²) in [6.07, 6.45) is 5.29. The van der Waals surface area contributed by atoms with Gasteiger partial charge >= 0.3 is 0 Å². The molecule has 1 heterocycles. The molecule has 1 aliphatic rings. The Morgan fingerprint density at radius 2 is 1.87 bits per heavy atom. The third-order valence-electron chi connectivity index (χ3n) is 5.70. The lowest BCUT2D eigenvalue weighted by molar-refractivity contribution is -0.114. The fraction of sp³-hybridized carbons (Fsp3) is 0.667. The SMILES string of the molecule is CCNC(=NCc1ccc(OC)c(NC(C)=O)c1)NCC(C(C)C)N1CCCCCC1. The first-order chi connectivity index (χ1) is 14.9. The van der Waals surface area contributed by atoms with Crippen LogP contribution in [-0.4, -0.2) is 56.1 Å². The van der Waals surface area contributed by atoms with Crippen LogP contribution in [0.4, 0.5) is 5.69 Å². The quantitative estimate of drug-likeness (QED) is 0.411. The predicted octanol–water partition coefficient (Wildman–Crippen LogP) is 3.61. The van der Waals surface area contributed by atoms with Gasteiger partial charge < -0.3 is 20.7 Å². The number of benzene rings is 1. The molecule has 174 valence electrons. The molecule has 1 aromatic carbocycles. The Morgan fingerprint density at radius 1 is 1.16 bits per heavy atom. The van der Waals surface area contributed by atoms with Crippen molar-refractivity contribution in [3.8, 4) is 5.75 Å². The summed E-state index contributed by atoms with van der Waals surface area (Å²) in [5.41, 5.74) is 1.68. The first-order valence-corrected chi connectivity index (χ1v) is 11.6. The van der Waals surface area contributed by atoms with Crippen molar-refractivity contribution in [3.05, 3.63) is 23.8 Å². The topological polar surface area (TPSA) is 78.0 Å². The van der Waals surface area contributed by atoms with Crippen molar-refractivity contribution in [1.29, 1.82) is 0 Å². The number of amides is 1. The molecule has 0 saturated carbocycles. The van der Waals surface area contributed by atoms with Crippen molar-refractivity contribution < 1.29 is 9.53 Å². The van der Waals surface area contributed by atoms with E-state index in [0.717, 1.165) is 24.6 Å². The van der Waals surface area contributed by atoms with Crippen LogP contribution >= 0.6 is 0 Å². The molecule has 1 fully saturated rings. The van der Waals surface area contributed by atoms with Crippen LogP contribution < -0.4 is 20.7 Å². The van der Waals surface area contributed by atoms with Crippen LogP contribution in [0, 0.1) is 5.92 Å². The summed E-state index contributed by atoms with van der Waals surface area (Å²) < 4.78 is 5.34. The number of ether oxygens (including phenoxy) is 1. The maximum atomic E-state index is 11.5. The normalized spacial score (nSPS) is 16.5. The number of nitrogens with zero attached hydrogens (tertiary/aromatic N) is 2. The van der Waals surface area contributed by atoms with Gasteiger partial charge in [0, 0.05) is 26.1 Å². The fourth-order valence-corrected chi connectivity index (χ4v) is 4.07. The van der Waals surface area contributed by atoms with Gasteiger partial charge in [-0.25, -0.2) is 4.99 Å². The molecule has 31 heavy (non-hydrogen) atoms. The largest absolute Gasteiger partial charge is 0.495 e. The van der Waals surface area contributed by atoms with Crippen LogP contribution in [0.15, 0.2) is 23.2 Å². The second kappa shape index (κ2) is 13.2. The summed E-state index contributed by atoms with van der Waals surface area (Å²) in [6, 6.07) is 6.26. The van der Waals surface area contributed by atoms with E-state index in [1.807, 2.05) is 18.2 Å². The van der Waals surface area contributed by atoms with Crippen LogP contribution in [0.5, 0.6) is 5.75 Å². The standard InChI is InChI=1S/C24H41N5O2/c1-6-25-24(27-17-22(18(2)3)29-13-9-7-8-10-14-29)26-16-20-11-12-23(31-5)21(15-20)28-19(4)30/h11-12,15,18,22H,6-10,13-14,16-17H2,1-5H3,(H,28,30)(H2,25,26,27). The average molecular weight is 432 g/mol. The zero-order chi connectivity index (χ0) is 22.6. The Kier molecular flexibility index (Phi) is 10.6. The molecule has 1 aliphatic heterocycles. The molecular weight excluding hydrogens is 390 g/mol. The van der Waals surface area contributed by atoms with E-state index >= 15 is 0 Å². The number of likely N-dealkylation sites (tertiary alicyclic amines) is 1. The summed E-state index contributed by atoms with van der Waals surface area (Å²) >= 11 is 0. The van der Waals surface area contributed by atoms with Crippen molar-refractivity contribution in [2.75, 3.05) is 38.6 Å². The predicted molar refractivity (Wildman–Crippen MR) is 129 cm³/mol. The molecule has 2 rings (SSSR count). The Bertz CT molecular complexity index is 712. The van der Waals surface area contributed by atoms with E-state index in [9.17, 15) is 4.79 Å². The highest BCUT2D eigenvalue weighted by Gasteiger charge is 2.22. The summed E-state index contributed by atoms with van der Waals surface area (Å²) in [5, 5.41) is 9.74. The van der Waals surface area contributed by atoms with Crippen LogP contribution in [0.2, 0.25) is 0 Å². The third kappa shape index (κ3) is 8.40. The van der Waals surface area contributed by atoms with Crippen molar-refractivity contribution in [2.45, 2.75) is 66.0 Å². The molecule has 1 saturated heterocycles. The lowest BCUT2D eigenvalue weighted by Crippen LogP contribution is -2.49. The lowest BCUT2D eigenvalue weighted by Gasteiger charge is -2.34. The Hall–Kier alpha value is -2.28. The fourth-order valence-electron chi connectivity index (χ4n) is 4.07. The molecule has 0 bridgehead atoms. The summed E-state index contributed by atoms with van der Waals surface area (Å²) in [7, 11) is 1.60. The van der Waals surface area contributed by atoms with Gasteiger partial charge in [0.25, 0.3) is 0 Å². The third-order valence-corrected chi connectivity index (χ3v) is 5.70. The number of aliphatic imine (C=N–C) groups is 1. The summed E-state index contributed by atoms with van der Waals surface area (Å²) in [4.78, 5) is 18.9. The first kappa shape index (κ1) is 25.0. The Labute approximate surface area is 188 Å². The number of anilines is 1. The molecule has 1 aromatic rings. The smallest absolute Gasteiger partial charge is 0.221 e. The molecule has 0 aromatic heterocycles. The Morgan fingerprint density at radius 3 is 2.45 bits per heavy atom. The van der Waals surface area contributed by atoms with Crippen LogP contribution in [0.3, 0.4) is 0 Å². The van der Waals surface area contributed by atoms with Crippen molar-refractivity contribution in [2.24, 2.45) is 10.9 Å². The lowest BCUT2D eigenvalue weighted by atomic mass is 10.0. The zero-order valence-electron chi connectivity index (χ0n) is 20.0. The van der Waals surface area contributed by atoms with Gasteiger partial charge in [-0.05, 0) is 56.5 Å². The average Bonchev–Trinajstić information content (AvgIpc) is 3.01. The van der Waals surface area contributed by atoms with Gasteiger partial charge in [0.2, 0.25) is 5.91 Å².